The molecule has 0 saturated carbocycles. The fraction of sp³-hybridized carbons (Fsp3) is 0.148. The van der Waals surface area contributed by atoms with Crippen molar-refractivity contribution < 1.29 is 37.0 Å². The van der Waals surface area contributed by atoms with Gasteiger partial charge in [-0.05, 0) is 48.9 Å². The summed E-state index contributed by atoms with van der Waals surface area (Å²) in [5, 5.41) is 1.68. The van der Waals surface area contributed by atoms with E-state index in [9.17, 15) is 27.6 Å². The van der Waals surface area contributed by atoms with Crippen LogP contribution in [0.2, 0.25) is 5.02 Å². The van der Waals surface area contributed by atoms with Gasteiger partial charge in [0.2, 0.25) is 0 Å². The Morgan fingerprint density at radius 3 is 2.37 bits per heavy atom. The van der Waals surface area contributed by atoms with Gasteiger partial charge in [-0.3, -0.25) is 14.9 Å². The van der Waals surface area contributed by atoms with E-state index in [1.54, 1.807) is 12.1 Å². The summed E-state index contributed by atoms with van der Waals surface area (Å²) in [5.74, 6) is -1.48. The molecule has 4 rings (SSSR count). The lowest BCUT2D eigenvalue weighted by Gasteiger charge is -2.27. The molecule has 1 saturated heterocycles. The highest BCUT2D eigenvalue weighted by Gasteiger charge is 2.39. The third-order valence-electron chi connectivity index (χ3n) is 5.65. The molecule has 0 aromatic heterocycles. The lowest BCUT2D eigenvalue weighted by molar-refractivity contribution is -0.137. The van der Waals surface area contributed by atoms with Gasteiger partial charge in [0.15, 0.2) is 0 Å². The molecule has 0 unspecified atom stereocenters. The molecule has 0 atom stereocenters. The minimum atomic E-state index is -4.75. The largest absolute Gasteiger partial charge is 0.497 e. The summed E-state index contributed by atoms with van der Waals surface area (Å²) in [6.07, 6.45) is -3.57. The van der Waals surface area contributed by atoms with E-state index in [2.05, 4.69) is 0 Å². The van der Waals surface area contributed by atoms with Crippen LogP contribution in [0, 0.1) is 6.92 Å². The first-order valence-corrected chi connectivity index (χ1v) is 11.5. The van der Waals surface area contributed by atoms with Crippen LogP contribution in [0.25, 0.3) is 6.08 Å². The van der Waals surface area contributed by atoms with Crippen molar-refractivity contribution in [2.24, 2.45) is 0 Å². The van der Waals surface area contributed by atoms with Crippen molar-refractivity contribution in [2.45, 2.75) is 19.7 Å². The predicted octanol–water partition coefficient (Wildman–Crippen LogP) is 5.92. The highest BCUT2D eigenvalue weighted by molar-refractivity contribution is 6.42. The fourth-order valence-corrected chi connectivity index (χ4v) is 3.83. The number of carbonyl (C=O) groups is 3. The van der Waals surface area contributed by atoms with Crippen molar-refractivity contribution in [3.05, 3.63) is 93.5 Å². The average Bonchev–Trinajstić information content (AvgIpc) is 2.86. The lowest BCUT2D eigenvalue weighted by Crippen LogP contribution is -2.54. The van der Waals surface area contributed by atoms with Crippen molar-refractivity contribution in [2.75, 3.05) is 12.0 Å². The van der Waals surface area contributed by atoms with Crippen LogP contribution in [0.5, 0.6) is 11.5 Å². The number of barbiturate groups is 1. The van der Waals surface area contributed by atoms with Gasteiger partial charge in [-0.1, -0.05) is 41.4 Å². The maximum Gasteiger partial charge on any atom is 0.416 e. The number of ether oxygens (including phenoxy) is 2. The number of amides is 4. The van der Waals surface area contributed by atoms with E-state index in [0.717, 1.165) is 23.3 Å². The van der Waals surface area contributed by atoms with Crippen molar-refractivity contribution in [1.29, 1.82) is 0 Å². The average molecular weight is 545 g/mol. The van der Waals surface area contributed by atoms with Crippen LogP contribution < -0.4 is 19.7 Å². The summed E-state index contributed by atoms with van der Waals surface area (Å²) in [4.78, 5) is 38.8. The first-order chi connectivity index (χ1) is 18.0. The fourth-order valence-electron chi connectivity index (χ4n) is 3.62. The number of anilines is 1. The third kappa shape index (κ3) is 5.65. The Kier molecular flexibility index (Phi) is 7.45. The zero-order valence-electron chi connectivity index (χ0n) is 20.1. The number of imide groups is 2. The van der Waals surface area contributed by atoms with Gasteiger partial charge in [-0.15, -0.1) is 0 Å². The number of methoxy groups -OCH3 is 1. The van der Waals surface area contributed by atoms with Crippen molar-refractivity contribution in [1.82, 2.24) is 5.32 Å². The number of urea groups is 1. The second-order valence-electron chi connectivity index (χ2n) is 8.30. The van der Waals surface area contributed by atoms with E-state index < -0.39 is 40.8 Å². The van der Waals surface area contributed by atoms with E-state index in [4.69, 9.17) is 21.1 Å². The Morgan fingerprint density at radius 1 is 1.00 bits per heavy atom. The minimum absolute atomic E-state index is 0.161. The van der Waals surface area contributed by atoms with E-state index in [1.807, 2.05) is 36.5 Å². The van der Waals surface area contributed by atoms with E-state index in [1.165, 1.54) is 19.3 Å². The van der Waals surface area contributed by atoms with E-state index in [-0.39, 0.29) is 17.4 Å². The number of aryl methyl sites for hydroxylation is 1. The van der Waals surface area contributed by atoms with Crippen LogP contribution in [0.4, 0.5) is 23.7 Å². The van der Waals surface area contributed by atoms with Gasteiger partial charge < -0.3 is 9.47 Å². The topological polar surface area (TPSA) is 84.9 Å². The van der Waals surface area contributed by atoms with E-state index >= 15 is 0 Å². The number of hydrogen-bond acceptors (Lipinski definition) is 5. The number of carbonyl (C=O) groups excluding carboxylic acids is 3. The first kappa shape index (κ1) is 26.7. The molecule has 1 N–H and O–H groups in total. The van der Waals surface area contributed by atoms with Gasteiger partial charge in [0.05, 0.1) is 23.4 Å². The Labute approximate surface area is 220 Å². The Balaban J connectivity index is 1.72. The number of hydrogen-bond donors (Lipinski definition) is 1. The summed E-state index contributed by atoms with van der Waals surface area (Å²) in [6, 6.07) is 13.2. The van der Waals surface area contributed by atoms with Crippen LogP contribution in [-0.4, -0.2) is 25.0 Å². The Bertz CT molecular complexity index is 1450. The highest BCUT2D eigenvalue weighted by atomic mass is 35.5. The molecule has 0 radical (unpaired) electrons. The van der Waals surface area contributed by atoms with Gasteiger partial charge in [0.1, 0.15) is 23.7 Å². The maximum absolute atomic E-state index is 13.3. The monoisotopic (exact) mass is 544 g/mol. The number of halogens is 4. The van der Waals surface area contributed by atoms with Crippen LogP contribution in [0.15, 0.2) is 66.2 Å². The Hall–Kier alpha value is -4.31. The Morgan fingerprint density at radius 2 is 1.71 bits per heavy atom. The number of alkyl halides is 3. The first-order valence-electron chi connectivity index (χ1n) is 11.1. The molecule has 1 aliphatic rings. The SMILES string of the molecule is COc1ccc(/C=C2/C(=O)NC(=O)N(c3cc(C(F)(F)F)ccc3Cl)C2=O)c(OCc2ccc(C)cc2)c1. The molecule has 7 nitrogen and oxygen atoms in total. The van der Waals surface area contributed by atoms with Crippen molar-refractivity contribution in [3.63, 3.8) is 0 Å². The predicted molar refractivity (Wildman–Crippen MR) is 134 cm³/mol. The van der Waals surface area contributed by atoms with Crippen LogP contribution in [0.1, 0.15) is 22.3 Å². The number of nitrogens with zero attached hydrogens (tertiary/aromatic N) is 1. The molecular weight excluding hydrogens is 525 g/mol. The number of nitrogens with one attached hydrogen (secondary N) is 1. The second-order valence-corrected chi connectivity index (χ2v) is 8.71. The maximum atomic E-state index is 13.3. The molecule has 1 heterocycles. The second kappa shape index (κ2) is 10.6. The van der Waals surface area contributed by atoms with Gasteiger partial charge >= 0.3 is 12.2 Å². The van der Waals surface area contributed by atoms with Gasteiger partial charge in [0, 0.05) is 11.6 Å². The zero-order valence-corrected chi connectivity index (χ0v) is 20.8. The normalized spacial score (nSPS) is 15.1. The highest BCUT2D eigenvalue weighted by Crippen LogP contribution is 2.37. The summed E-state index contributed by atoms with van der Waals surface area (Å²) < 4.78 is 51.0. The van der Waals surface area contributed by atoms with Crippen LogP contribution >= 0.6 is 11.6 Å². The quantitative estimate of drug-likeness (QED) is 0.307. The van der Waals surface area contributed by atoms with Gasteiger partial charge in [0.25, 0.3) is 11.8 Å². The number of benzene rings is 3. The zero-order chi connectivity index (χ0) is 27.6. The standard InChI is InChI=1S/C27H20ClF3N2O5/c1-15-3-5-16(6-4-15)14-38-23-13-19(37-2)9-7-17(23)11-20-24(34)32-26(36)33(25(20)35)22-12-18(27(29,30)31)8-10-21(22)28/h3-13H,14H2,1-2H3,(H,32,34,36)/b20-11-. The molecule has 1 fully saturated rings. The van der Waals surface area contributed by atoms with E-state index in [0.29, 0.717) is 22.3 Å². The molecule has 0 spiro atoms. The summed E-state index contributed by atoms with van der Waals surface area (Å²) in [6.45, 7) is 2.11. The molecule has 3 aromatic carbocycles. The third-order valence-corrected chi connectivity index (χ3v) is 5.97. The van der Waals surface area contributed by atoms with Crippen molar-refractivity contribution in [3.8, 4) is 11.5 Å². The van der Waals surface area contributed by atoms with Crippen molar-refractivity contribution >= 4 is 41.2 Å². The molecule has 0 aliphatic carbocycles. The lowest BCUT2D eigenvalue weighted by atomic mass is 10.0. The molecule has 4 amide bonds. The minimum Gasteiger partial charge on any atom is -0.497 e. The summed E-state index contributed by atoms with van der Waals surface area (Å²) >= 11 is 6.04. The number of rotatable bonds is 6. The van der Waals surface area contributed by atoms with Crippen LogP contribution in [0.3, 0.4) is 0 Å². The van der Waals surface area contributed by atoms with Gasteiger partial charge in [-0.2, -0.15) is 13.2 Å². The molecule has 196 valence electrons. The summed E-state index contributed by atoms with van der Waals surface area (Å²) in [7, 11) is 1.46. The molecule has 11 heteroatoms. The van der Waals surface area contributed by atoms with Crippen LogP contribution in [-0.2, 0) is 22.4 Å². The summed E-state index contributed by atoms with van der Waals surface area (Å²) in [5.41, 5.74) is 0.0703. The molecule has 38 heavy (non-hydrogen) atoms. The molecule has 3 aromatic rings. The molecular formula is C27H20ClF3N2O5. The smallest absolute Gasteiger partial charge is 0.416 e. The molecule has 0 bridgehead atoms. The molecule has 1 aliphatic heterocycles. The van der Waals surface area contributed by atoms with Gasteiger partial charge in [-0.25, -0.2) is 9.69 Å².